The molecule has 0 N–H and O–H groups in total. The van der Waals surface area contributed by atoms with Gasteiger partial charge in [-0.25, -0.2) is 0 Å². The number of rotatable bonds is 6. The smallest absolute Gasteiger partial charge is 0.0967 e. The fraction of sp³-hybridized carbons (Fsp3) is 0.765. The van der Waals surface area contributed by atoms with Gasteiger partial charge in [0.25, 0.3) is 0 Å². The van der Waals surface area contributed by atoms with Gasteiger partial charge in [0.1, 0.15) is 0 Å². The summed E-state index contributed by atoms with van der Waals surface area (Å²) >= 11 is 0. The maximum Gasteiger partial charge on any atom is 0.0967 e. The average Bonchev–Trinajstić information content (AvgIpc) is 3.01. The van der Waals surface area contributed by atoms with Gasteiger partial charge in [-0.05, 0) is 32.2 Å². The molecule has 3 rings (SSSR count). The van der Waals surface area contributed by atoms with Crippen LogP contribution in [0.2, 0.25) is 0 Å². The van der Waals surface area contributed by atoms with Crippen molar-refractivity contribution >= 4 is 0 Å². The highest BCUT2D eigenvalue weighted by atomic mass is 16.5. The predicted octanol–water partition coefficient (Wildman–Crippen LogP) is 1.40. The molecule has 0 spiro atoms. The lowest BCUT2D eigenvalue weighted by Gasteiger charge is -2.31. The van der Waals surface area contributed by atoms with Crippen LogP contribution in [-0.4, -0.2) is 70.7 Å². The number of hydrogen-bond donors (Lipinski definition) is 0. The number of morpholine rings is 1. The van der Waals surface area contributed by atoms with Gasteiger partial charge in [-0.15, -0.1) is 5.10 Å². The van der Waals surface area contributed by atoms with E-state index < -0.39 is 0 Å². The van der Waals surface area contributed by atoms with Crippen molar-refractivity contribution in [2.45, 2.75) is 32.9 Å². The minimum atomic E-state index is 0.687. The van der Waals surface area contributed by atoms with E-state index in [4.69, 9.17) is 4.74 Å². The Hall–Kier alpha value is -1.24. The van der Waals surface area contributed by atoms with Crippen molar-refractivity contribution in [2.75, 3.05) is 45.9 Å². The van der Waals surface area contributed by atoms with Gasteiger partial charge in [0.05, 0.1) is 18.9 Å². The maximum absolute atomic E-state index is 5.39. The predicted molar refractivity (Wildman–Crippen MR) is 90.1 cm³/mol. The first kappa shape index (κ1) is 16.6. The molecule has 0 aromatic carbocycles. The minimum Gasteiger partial charge on any atom is -0.379 e. The summed E-state index contributed by atoms with van der Waals surface area (Å²) < 4.78 is 7.43. The Bertz CT molecular complexity index is 495. The van der Waals surface area contributed by atoms with Gasteiger partial charge in [-0.2, -0.15) is 0 Å². The van der Waals surface area contributed by atoms with E-state index in [0.29, 0.717) is 5.92 Å². The molecule has 2 aliphatic heterocycles. The van der Waals surface area contributed by atoms with Crippen LogP contribution < -0.4 is 0 Å². The topological polar surface area (TPSA) is 46.4 Å². The molecule has 2 fully saturated rings. The van der Waals surface area contributed by atoms with Crippen LogP contribution in [0.4, 0.5) is 0 Å². The number of ether oxygens (including phenoxy) is 1. The third kappa shape index (κ3) is 5.12. The molecule has 0 saturated carbocycles. The molecular weight excluding hydrogens is 290 g/mol. The first-order chi connectivity index (χ1) is 11.3. The van der Waals surface area contributed by atoms with Gasteiger partial charge >= 0.3 is 0 Å². The largest absolute Gasteiger partial charge is 0.379 e. The van der Waals surface area contributed by atoms with Crippen LogP contribution in [0.15, 0.2) is 18.3 Å². The Morgan fingerprint density at radius 2 is 2.13 bits per heavy atom. The van der Waals surface area contributed by atoms with Crippen molar-refractivity contribution in [3.8, 4) is 0 Å². The van der Waals surface area contributed by atoms with Crippen molar-refractivity contribution in [3.63, 3.8) is 0 Å². The van der Waals surface area contributed by atoms with Crippen molar-refractivity contribution in [3.05, 3.63) is 24.0 Å². The van der Waals surface area contributed by atoms with Crippen LogP contribution in [-0.2, 0) is 17.8 Å². The summed E-state index contributed by atoms with van der Waals surface area (Å²) in [6.07, 6.45) is 9.10. The van der Waals surface area contributed by atoms with Crippen molar-refractivity contribution in [2.24, 2.45) is 5.92 Å². The van der Waals surface area contributed by atoms with Crippen molar-refractivity contribution in [1.82, 2.24) is 24.8 Å². The molecule has 128 valence electrons. The minimum absolute atomic E-state index is 0.687. The molecular formula is C17H29N5O. The quantitative estimate of drug-likeness (QED) is 0.742. The van der Waals surface area contributed by atoms with E-state index >= 15 is 0 Å². The number of hydrogen-bond acceptors (Lipinski definition) is 5. The molecule has 0 bridgehead atoms. The monoisotopic (exact) mass is 319 g/mol. The number of aromatic nitrogens is 3. The van der Waals surface area contributed by atoms with E-state index in [9.17, 15) is 0 Å². The lowest BCUT2D eigenvalue weighted by molar-refractivity contribution is 0.0336. The normalized spacial score (nSPS) is 24.5. The highest BCUT2D eigenvalue weighted by Gasteiger charge is 2.20. The van der Waals surface area contributed by atoms with Gasteiger partial charge in [0, 0.05) is 45.5 Å². The highest BCUT2D eigenvalue weighted by Crippen LogP contribution is 2.18. The second-order valence-electron chi connectivity index (χ2n) is 6.66. The molecule has 0 amide bonds. The third-order valence-electron chi connectivity index (χ3n) is 4.72. The second-order valence-corrected chi connectivity index (χ2v) is 6.66. The Morgan fingerprint density at radius 1 is 1.26 bits per heavy atom. The molecule has 1 unspecified atom stereocenters. The molecule has 6 nitrogen and oxygen atoms in total. The molecule has 6 heteroatoms. The fourth-order valence-corrected chi connectivity index (χ4v) is 3.47. The summed E-state index contributed by atoms with van der Waals surface area (Å²) in [7, 11) is 0. The summed E-state index contributed by atoms with van der Waals surface area (Å²) in [4.78, 5) is 4.93. The van der Waals surface area contributed by atoms with E-state index in [-0.39, 0.29) is 0 Å². The van der Waals surface area contributed by atoms with Gasteiger partial charge in [0.2, 0.25) is 0 Å². The number of piperidine rings is 1. The Labute approximate surface area is 139 Å². The first-order valence-corrected chi connectivity index (χ1v) is 8.86. The first-order valence-electron chi connectivity index (χ1n) is 8.86. The SMILES string of the molecule is C/C=C/CN1CCCC(Cn2cc(CN3CCOCC3)nn2)C1. The van der Waals surface area contributed by atoms with Gasteiger partial charge < -0.3 is 4.74 Å². The van der Waals surface area contributed by atoms with Crippen LogP contribution in [0.5, 0.6) is 0 Å². The van der Waals surface area contributed by atoms with Crippen molar-refractivity contribution in [1.29, 1.82) is 0 Å². The van der Waals surface area contributed by atoms with Crippen LogP contribution in [0.25, 0.3) is 0 Å². The summed E-state index contributed by atoms with van der Waals surface area (Å²) in [5, 5.41) is 8.69. The van der Waals surface area contributed by atoms with Crippen molar-refractivity contribution < 1.29 is 4.74 Å². The fourth-order valence-electron chi connectivity index (χ4n) is 3.47. The summed E-state index contributed by atoms with van der Waals surface area (Å²) in [5.41, 5.74) is 1.08. The second kappa shape index (κ2) is 8.57. The van der Waals surface area contributed by atoms with Gasteiger partial charge in [-0.3, -0.25) is 14.5 Å². The van der Waals surface area contributed by atoms with E-state index in [0.717, 1.165) is 51.6 Å². The number of likely N-dealkylation sites (tertiary alicyclic amines) is 1. The average molecular weight is 319 g/mol. The number of allylic oxidation sites excluding steroid dienone is 1. The van der Waals surface area contributed by atoms with E-state index in [2.05, 4.69) is 45.4 Å². The lowest BCUT2D eigenvalue weighted by atomic mass is 9.98. The van der Waals surface area contributed by atoms with Gasteiger partial charge in [-0.1, -0.05) is 17.4 Å². The Kier molecular flexibility index (Phi) is 6.19. The molecule has 23 heavy (non-hydrogen) atoms. The van der Waals surface area contributed by atoms with Crippen LogP contribution in [0, 0.1) is 5.92 Å². The molecule has 1 aromatic heterocycles. The molecule has 0 aliphatic carbocycles. The Morgan fingerprint density at radius 3 is 2.96 bits per heavy atom. The van der Waals surface area contributed by atoms with E-state index in [1.807, 2.05) is 4.68 Å². The van der Waals surface area contributed by atoms with Crippen LogP contribution in [0.3, 0.4) is 0 Å². The molecule has 3 heterocycles. The Balaban J connectivity index is 1.48. The van der Waals surface area contributed by atoms with Crippen LogP contribution >= 0.6 is 0 Å². The van der Waals surface area contributed by atoms with Crippen LogP contribution in [0.1, 0.15) is 25.5 Å². The highest BCUT2D eigenvalue weighted by molar-refractivity contribution is 4.93. The maximum atomic E-state index is 5.39. The standard InChI is InChI=1S/C17H29N5O/c1-2-3-6-20-7-4-5-16(12-20)13-22-15-17(18-19-22)14-21-8-10-23-11-9-21/h2-3,15-16H,4-14H2,1H3/b3-2+. The zero-order valence-corrected chi connectivity index (χ0v) is 14.2. The number of nitrogens with zero attached hydrogens (tertiary/aromatic N) is 5. The summed E-state index contributed by atoms with van der Waals surface area (Å²) in [6.45, 7) is 11.1. The third-order valence-corrected chi connectivity index (χ3v) is 4.72. The lowest BCUT2D eigenvalue weighted by Crippen LogP contribution is -2.37. The summed E-state index contributed by atoms with van der Waals surface area (Å²) in [6, 6.07) is 0. The molecule has 2 saturated heterocycles. The van der Waals surface area contributed by atoms with E-state index in [1.165, 1.54) is 25.9 Å². The zero-order valence-electron chi connectivity index (χ0n) is 14.2. The van der Waals surface area contributed by atoms with E-state index in [1.54, 1.807) is 0 Å². The molecule has 0 radical (unpaired) electrons. The zero-order chi connectivity index (χ0) is 15.9. The van der Waals surface area contributed by atoms with Gasteiger partial charge in [0.15, 0.2) is 0 Å². The molecule has 1 atom stereocenters. The summed E-state index contributed by atoms with van der Waals surface area (Å²) in [5.74, 6) is 0.687. The molecule has 2 aliphatic rings. The molecule has 1 aromatic rings.